The minimum atomic E-state index is 0.0824. The summed E-state index contributed by atoms with van der Waals surface area (Å²) in [7, 11) is 0. The van der Waals surface area contributed by atoms with Crippen LogP contribution in [0.4, 0.5) is 11.5 Å². The molecule has 0 unspecified atom stereocenters. The van der Waals surface area contributed by atoms with E-state index in [0.717, 1.165) is 32.0 Å². The second kappa shape index (κ2) is 6.51. The number of benzene rings is 1. The summed E-state index contributed by atoms with van der Waals surface area (Å²) in [5.41, 5.74) is 1.92. The van der Waals surface area contributed by atoms with E-state index in [1.165, 1.54) is 18.5 Å². The summed E-state index contributed by atoms with van der Waals surface area (Å²) in [5, 5.41) is 3.37. The first kappa shape index (κ1) is 15.0. The van der Waals surface area contributed by atoms with Crippen molar-refractivity contribution in [2.75, 3.05) is 36.4 Å². The summed E-state index contributed by atoms with van der Waals surface area (Å²) in [4.78, 5) is 21.5. The zero-order chi connectivity index (χ0) is 16.4. The molecule has 1 aromatic carbocycles. The number of carbonyl (C=O) groups excluding carboxylic acids is 1. The molecule has 2 aliphatic rings. The first-order valence-electron chi connectivity index (χ1n) is 8.62. The van der Waals surface area contributed by atoms with E-state index in [0.29, 0.717) is 11.6 Å². The molecule has 2 fully saturated rings. The van der Waals surface area contributed by atoms with Gasteiger partial charge >= 0.3 is 0 Å². The monoisotopic (exact) mass is 322 g/mol. The summed E-state index contributed by atoms with van der Waals surface area (Å²) in [5.74, 6) is 0.814. The molecular formula is C19H22N4O. The third-order valence-corrected chi connectivity index (χ3v) is 4.64. The molecule has 1 aliphatic carbocycles. The Balaban J connectivity index is 1.43. The highest BCUT2D eigenvalue weighted by atomic mass is 16.2. The quantitative estimate of drug-likeness (QED) is 0.940. The highest BCUT2D eigenvalue weighted by molar-refractivity contribution is 5.99. The van der Waals surface area contributed by atoms with Crippen LogP contribution in [0.3, 0.4) is 0 Å². The fourth-order valence-corrected chi connectivity index (χ4v) is 3.09. The van der Waals surface area contributed by atoms with Crippen LogP contribution in [0.2, 0.25) is 0 Å². The predicted octanol–water partition coefficient (Wildman–Crippen LogP) is 2.62. The molecule has 2 aromatic rings. The third-order valence-electron chi connectivity index (χ3n) is 4.64. The van der Waals surface area contributed by atoms with E-state index in [9.17, 15) is 4.79 Å². The maximum absolute atomic E-state index is 12.9. The Morgan fingerprint density at radius 3 is 2.46 bits per heavy atom. The Labute approximate surface area is 142 Å². The molecule has 1 aliphatic heterocycles. The first-order valence-corrected chi connectivity index (χ1v) is 8.62. The average molecular weight is 322 g/mol. The van der Waals surface area contributed by atoms with Gasteiger partial charge in [-0.05, 0) is 37.1 Å². The highest BCUT2D eigenvalue weighted by Crippen LogP contribution is 2.26. The average Bonchev–Trinajstić information content (AvgIpc) is 3.47. The molecule has 1 saturated heterocycles. The van der Waals surface area contributed by atoms with Gasteiger partial charge in [0.2, 0.25) is 0 Å². The van der Waals surface area contributed by atoms with E-state index in [-0.39, 0.29) is 5.91 Å². The van der Waals surface area contributed by atoms with Crippen LogP contribution in [0.15, 0.2) is 48.7 Å². The van der Waals surface area contributed by atoms with Gasteiger partial charge in [-0.1, -0.05) is 18.2 Å². The molecule has 1 aromatic heterocycles. The molecule has 5 heteroatoms. The van der Waals surface area contributed by atoms with Crippen LogP contribution in [0, 0.1) is 0 Å². The van der Waals surface area contributed by atoms with E-state index < -0.39 is 0 Å². The second-order valence-corrected chi connectivity index (χ2v) is 6.43. The second-order valence-electron chi connectivity index (χ2n) is 6.43. The van der Waals surface area contributed by atoms with Gasteiger partial charge in [-0.3, -0.25) is 4.79 Å². The van der Waals surface area contributed by atoms with Crippen LogP contribution < -0.4 is 10.2 Å². The molecule has 1 amide bonds. The van der Waals surface area contributed by atoms with Crippen molar-refractivity contribution in [2.24, 2.45) is 0 Å². The lowest BCUT2D eigenvalue weighted by atomic mass is 10.2. The van der Waals surface area contributed by atoms with Crippen LogP contribution in [0.1, 0.15) is 23.2 Å². The van der Waals surface area contributed by atoms with Crippen LogP contribution in [-0.2, 0) is 0 Å². The molecule has 5 nitrogen and oxygen atoms in total. The van der Waals surface area contributed by atoms with E-state index in [1.54, 1.807) is 6.20 Å². The fraction of sp³-hybridized carbons (Fsp3) is 0.368. The Hall–Kier alpha value is -2.56. The summed E-state index contributed by atoms with van der Waals surface area (Å²) in [6.07, 6.45) is 4.08. The van der Waals surface area contributed by atoms with Gasteiger partial charge in [0.25, 0.3) is 5.91 Å². The van der Waals surface area contributed by atoms with Gasteiger partial charge in [0.05, 0.1) is 5.56 Å². The summed E-state index contributed by atoms with van der Waals surface area (Å²) in [6.45, 7) is 3.21. The zero-order valence-corrected chi connectivity index (χ0v) is 13.7. The Morgan fingerprint density at radius 2 is 1.75 bits per heavy atom. The lowest BCUT2D eigenvalue weighted by Crippen LogP contribution is -2.49. The zero-order valence-electron chi connectivity index (χ0n) is 13.7. The van der Waals surface area contributed by atoms with Gasteiger partial charge in [-0.2, -0.15) is 0 Å². The molecular weight excluding hydrogens is 300 g/mol. The number of hydrogen-bond acceptors (Lipinski definition) is 4. The van der Waals surface area contributed by atoms with Gasteiger partial charge in [0, 0.05) is 44.1 Å². The van der Waals surface area contributed by atoms with Crippen LogP contribution in [0.5, 0.6) is 0 Å². The van der Waals surface area contributed by atoms with Crippen molar-refractivity contribution >= 4 is 17.4 Å². The summed E-state index contributed by atoms with van der Waals surface area (Å²) in [6, 6.07) is 14.6. The number of pyridine rings is 1. The Bertz CT molecular complexity index is 706. The van der Waals surface area contributed by atoms with E-state index in [1.807, 2.05) is 23.1 Å². The number of nitrogens with zero attached hydrogens (tertiary/aromatic N) is 3. The molecule has 2 heterocycles. The number of anilines is 2. The molecule has 0 bridgehead atoms. The maximum atomic E-state index is 12.9. The number of para-hydroxylation sites is 1. The Morgan fingerprint density at radius 1 is 1.00 bits per heavy atom. The molecule has 0 atom stereocenters. The van der Waals surface area contributed by atoms with Crippen molar-refractivity contribution in [2.45, 2.75) is 18.9 Å². The molecule has 24 heavy (non-hydrogen) atoms. The summed E-state index contributed by atoms with van der Waals surface area (Å²) < 4.78 is 0. The van der Waals surface area contributed by atoms with Gasteiger partial charge in [-0.15, -0.1) is 0 Å². The van der Waals surface area contributed by atoms with Crippen molar-refractivity contribution in [1.82, 2.24) is 9.88 Å². The number of aromatic nitrogens is 1. The highest BCUT2D eigenvalue weighted by Gasteiger charge is 2.27. The van der Waals surface area contributed by atoms with Crippen molar-refractivity contribution in [3.8, 4) is 0 Å². The number of amides is 1. The Kier molecular flexibility index (Phi) is 4.07. The van der Waals surface area contributed by atoms with Gasteiger partial charge in [0.15, 0.2) is 0 Å². The topological polar surface area (TPSA) is 48.5 Å². The first-order chi connectivity index (χ1) is 11.8. The lowest BCUT2D eigenvalue weighted by molar-refractivity contribution is 0.0747. The van der Waals surface area contributed by atoms with E-state index >= 15 is 0 Å². The summed E-state index contributed by atoms with van der Waals surface area (Å²) >= 11 is 0. The van der Waals surface area contributed by atoms with Crippen molar-refractivity contribution in [3.63, 3.8) is 0 Å². The number of piperazine rings is 1. The minimum Gasteiger partial charge on any atom is -0.368 e. The predicted molar refractivity (Wildman–Crippen MR) is 95.4 cm³/mol. The standard InChI is InChI=1S/C19H22N4O/c24-19(17-7-4-10-20-18(17)21-15-8-9-15)23-13-11-22(12-14-23)16-5-2-1-3-6-16/h1-7,10,15H,8-9,11-14H2,(H,20,21). The molecule has 0 radical (unpaired) electrons. The molecule has 4 rings (SSSR count). The lowest BCUT2D eigenvalue weighted by Gasteiger charge is -2.36. The van der Waals surface area contributed by atoms with Crippen molar-refractivity contribution in [3.05, 3.63) is 54.2 Å². The number of hydrogen-bond donors (Lipinski definition) is 1. The van der Waals surface area contributed by atoms with Crippen molar-refractivity contribution in [1.29, 1.82) is 0 Å². The molecule has 124 valence electrons. The van der Waals surface area contributed by atoms with Crippen molar-refractivity contribution < 1.29 is 4.79 Å². The maximum Gasteiger partial charge on any atom is 0.257 e. The number of carbonyl (C=O) groups is 1. The van der Waals surface area contributed by atoms with E-state index in [2.05, 4.69) is 39.5 Å². The van der Waals surface area contributed by atoms with Gasteiger partial charge in [0.1, 0.15) is 5.82 Å². The molecule has 1 N–H and O–H groups in total. The third kappa shape index (κ3) is 3.20. The van der Waals surface area contributed by atoms with Gasteiger partial charge in [-0.25, -0.2) is 4.98 Å². The van der Waals surface area contributed by atoms with Gasteiger partial charge < -0.3 is 15.1 Å². The largest absolute Gasteiger partial charge is 0.368 e. The van der Waals surface area contributed by atoms with Crippen LogP contribution >= 0.6 is 0 Å². The smallest absolute Gasteiger partial charge is 0.257 e. The minimum absolute atomic E-state index is 0.0824. The normalized spacial score (nSPS) is 17.7. The number of nitrogens with one attached hydrogen (secondary N) is 1. The fourth-order valence-electron chi connectivity index (χ4n) is 3.09. The van der Waals surface area contributed by atoms with Crippen LogP contribution in [0.25, 0.3) is 0 Å². The molecule has 1 saturated carbocycles. The molecule has 0 spiro atoms. The van der Waals surface area contributed by atoms with E-state index in [4.69, 9.17) is 0 Å². The van der Waals surface area contributed by atoms with Crippen LogP contribution in [-0.4, -0.2) is 48.0 Å². The number of rotatable bonds is 4. The SMILES string of the molecule is O=C(c1cccnc1NC1CC1)N1CCN(c2ccccc2)CC1.